The van der Waals surface area contributed by atoms with Gasteiger partial charge in [0.1, 0.15) is 0 Å². The number of hydrazone groups is 1. The summed E-state index contributed by atoms with van der Waals surface area (Å²) < 4.78 is 0. The summed E-state index contributed by atoms with van der Waals surface area (Å²) in [6.07, 6.45) is 0.412. The second-order valence-electron chi connectivity index (χ2n) is 5.72. The number of amides is 1. The zero-order valence-electron chi connectivity index (χ0n) is 13.9. The van der Waals surface area contributed by atoms with Gasteiger partial charge in [0.25, 0.3) is 5.91 Å². The lowest BCUT2D eigenvalue weighted by atomic mass is 9.95. The molecule has 1 atom stereocenters. The monoisotopic (exact) mass is 310 g/mol. The number of aliphatic hydroxyl groups is 1. The average molecular weight is 310 g/mol. The topological polar surface area (TPSA) is 61.7 Å². The number of rotatable bonds is 4. The molecule has 0 fully saturated rings. The van der Waals surface area contributed by atoms with Gasteiger partial charge in [-0.25, -0.2) is 5.43 Å². The molecule has 0 saturated heterocycles. The number of hydrogen-bond donors (Lipinski definition) is 2. The van der Waals surface area contributed by atoms with Crippen LogP contribution in [0, 0.1) is 27.7 Å². The molecule has 0 aliphatic heterocycles. The van der Waals surface area contributed by atoms with E-state index in [1.807, 2.05) is 19.9 Å². The molecule has 0 radical (unpaired) electrons. The first-order valence-electron chi connectivity index (χ1n) is 7.55. The molecule has 0 spiro atoms. The van der Waals surface area contributed by atoms with E-state index in [0.29, 0.717) is 5.56 Å². The minimum Gasteiger partial charge on any atom is -0.378 e. The summed E-state index contributed by atoms with van der Waals surface area (Å²) in [7, 11) is 0. The van der Waals surface area contributed by atoms with Crippen molar-refractivity contribution in [2.75, 3.05) is 0 Å². The van der Waals surface area contributed by atoms with Gasteiger partial charge in [-0.2, -0.15) is 5.10 Å². The molecule has 0 aliphatic rings. The van der Waals surface area contributed by atoms with Crippen molar-refractivity contribution in [1.29, 1.82) is 0 Å². The molecular weight excluding hydrogens is 288 g/mol. The van der Waals surface area contributed by atoms with Crippen LogP contribution in [0.4, 0.5) is 0 Å². The summed E-state index contributed by atoms with van der Waals surface area (Å²) in [4.78, 5) is 12.0. The maximum Gasteiger partial charge on any atom is 0.273 e. The third-order valence-electron chi connectivity index (χ3n) is 4.16. The highest BCUT2D eigenvalue weighted by Crippen LogP contribution is 2.20. The highest BCUT2D eigenvalue weighted by atomic mass is 16.3. The number of carbonyl (C=O) groups is 1. The first-order chi connectivity index (χ1) is 10.9. The van der Waals surface area contributed by atoms with Crippen molar-refractivity contribution in [2.24, 2.45) is 5.10 Å². The van der Waals surface area contributed by atoms with Crippen molar-refractivity contribution in [3.63, 3.8) is 0 Å². The van der Waals surface area contributed by atoms with E-state index in [2.05, 4.69) is 30.4 Å². The standard InChI is InChI=1S/C19H22N2O2/c1-12-10-13(2)15(4)17(14(12)3)11-20-21-19(23)18(22)16-8-6-5-7-9-16/h5-11,18,22H,1-4H3,(H,21,23)/b20-11-/t18-/m1/s1. The Bertz CT molecular complexity index is 711. The second kappa shape index (κ2) is 7.20. The molecule has 23 heavy (non-hydrogen) atoms. The molecule has 0 bridgehead atoms. The van der Waals surface area contributed by atoms with Crippen LogP contribution in [-0.2, 0) is 4.79 Å². The highest BCUT2D eigenvalue weighted by molar-refractivity contribution is 5.87. The lowest BCUT2D eigenvalue weighted by Gasteiger charge is -2.12. The van der Waals surface area contributed by atoms with Crippen LogP contribution in [0.5, 0.6) is 0 Å². The lowest BCUT2D eigenvalue weighted by Crippen LogP contribution is -2.25. The van der Waals surface area contributed by atoms with E-state index in [1.165, 1.54) is 11.1 Å². The van der Waals surface area contributed by atoms with Crippen LogP contribution in [0.3, 0.4) is 0 Å². The molecule has 2 rings (SSSR count). The van der Waals surface area contributed by atoms with Gasteiger partial charge in [0.2, 0.25) is 0 Å². The number of carbonyl (C=O) groups excluding carboxylic acids is 1. The molecule has 0 aliphatic carbocycles. The van der Waals surface area contributed by atoms with Gasteiger partial charge in [-0.05, 0) is 55.5 Å². The predicted octanol–water partition coefficient (Wildman–Crippen LogP) is 3.10. The fraction of sp³-hybridized carbons (Fsp3) is 0.263. The zero-order valence-corrected chi connectivity index (χ0v) is 13.9. The molecule has 4 nitrogen and oxygen atoms in total. The summed E-state index contributed by atoms with van der Waals surface area (Å²) >= 11 is 0. The minimum atomic E-state index is -1.23. The molecule has 1 amide bonds. The summed E-state index contributed by atoms with van der Waals surface area (Å²) in [5.41, 5.74) is 8.58. The smallest absolute Gasteiger partial charge is 0.273 e. The van der Waals surface area contributed by atoms with Crippen molar-refractivity contribution in [3.8, 4) is 0 Å². The molecule has 0 aromatic heterocycles. The second-order valence-corrected chi connectivity index (χ2v) is 5.72. The third kappa shape index (κ3) is 3.85. The van der Waals surface area contributed by atoms with E-state index < -0.39 is 12.0 Å². The van der Waals surface area contributed by atoms with Crippen molar-refractivity contribution in [3.05, 3.63) is 69.8 Å². The summed E-state index contributed by atoms with van der Waals surface area (Å²) in [5, 5.41) is 14.0. The molecule has 120 valence electrons. The number of aliphatic hydroxyl groups excluding tert-OH is 1. The molecule has 2 aromatic carbocycles. The maximum absolute atomic E-state index is 12.0. The summed E-state index contributed by atoms with van der Waals surface area (Å²) in [6.45, 7) is 8.17. The largest absolute Gasteiger partial charge is 0.378 e. The SMILES string of the molecule is Cc1cc(C)c(C)c(/C=N\NC(=O)[C@H](O)c2ccccc2)c1C. The van der Waals surface area contributed by atoms with E-state index in [1.54, 1.807) is 30.5 Å². The Labute approximate surface area is 136 Å². The average Bonchev–Trinajstić information content (AvgIpc) is 2.56. The Morgan fingerprint density at radius 3 is 2.22 bits per heavy atom. The van der Waals surface area contributed by atoms with Crippen LogP contribution in [-0.4, -0.2) is 17.2 Å². The van der Waals surface area contributed by atoms with Crippen LogP contribution in [0.1, 0.15) is 39.5 Å². The molecule has 0 saturated carbocycles. The van der Waals surface area contributed by atoms with Gasteiger partial charge in [0.15, 0.2) is 6.10 Å². The van der Waals surface area contributed by atoms with Crippen molar-refractivity contribution >= 4 is 12.1 Å². The molecular formula is C19H22N2O2. The van der Waals surface area contributed by atoms with Crippen LogP contribution < -0.4 is 5.43 Å². The molecule has 2 N–H and O–H groups in total. The van der Waals surface area contributed by atoms with Crippen LogP contribution in [0.25, 0.3) is 0 Å². The first kappa shape index (κ1) is 16.9. The Hall–Kier alpha value is -2.46. The predicted molar refractivity (Wildman–Crippen MR) is 92.5 cm³/mol. The van der Waals surface area contributed by atoms with Gasteiger partial charge in [0, 0.05) is 5.56 Å². The molecule has 2 aromatic rings. The fourth-order valence-corrected chi connectivity index (χ4v) is 2.45. The number of benzene rings is 2. The first-order valence-corrected chi connectivity index (χ1v) is 7.55. The van der Waals surface area contributed by atoms with Gasteiger partial charge in [-0.1, -0.05) is 36.4 Å². The number of aryl methyl sites for hydroxylation is 2. The van der Waals surface area contributed by atoms with Crippen LogP contribution >= 0.6 is 0 Å². The van der Waals surface area contributed by atoms with E-state index in [-0.39, 0.29) is 0 Å². The fourth-order valence-electron chi connectivity index (χ4n) is 2.45. The van der Waals surface area contributed by atoms with Gasteiger partial charge in [0.05, 0.1) is 6.21 Å². The Balaban J connectivity index is 2.12. The van der Waals surface area contributed by atoms with E-state index >= 15 is 0 Å². The van der Waals surface area contributed by atoms with E-state index in [0.717, 1.165) is 16.7 Å². The minimum absolute atomic E-state index is 0.541. The van der Waals surface area contributed by atoms with Crippen molar-refractivity contribution in [2.45, 2.75) is 33.8 Å². The lowest BCUT2D eigenvalue weighted by molar-refractivity contribution is -0.129. The van der Waals surface area contributed by atoms with Gasteiger partial charge in [-0.3, -0.25) is 4.79 Å². The Kier molecular flexibility index (Phi) is 5.29. The maximum atomic E-state index is 12.0. The normalized spacial score (nSPS) is 12.4. The van der Waals surface area contributed by atoms with Gasteiger partial charge in [-0.15, -0.1) is 0 Å². The van der Waals surface area contributed by atoms with Crippen molar-refractivity contribution in [1.82, 2.24) is 5.43 Å². The molecule has 0 heterocycles. The highest BCUT2D eigenvalue weighted by Gasteiger charge is 2.16. The molecule has 0 unspecified atom stereocenters. The van der Waals surface area contributed by atoms with Crippen molar-refractivity contribution < 1.29 is 9.90 Å². The number of nitrogens with one attached hydrogen (secondary N) is 1. The van der Waals surface area contributed by atoms with Crippen LogP contribution in [0.15, 0.2) is 41.5 Å². The van der Waals surface area contributed by atoms with Gasteiger partial charge >= 0.3 is 0 Å². The molecule has 4 heteroatoms. The number of nitrogens with zero attached hydrogens (tertiary/aromatic N) is 1. The quantitative estimate of drug-likeness (QED) is 0.673. The summed E-state index contributed by atoms with van der Waals surface area (Å²) in [5.74, 6) is -0.549. The van der Waals surface area contributed by atoms with Gasteiger partial charge < -0.3 is 5.11 Å². The summed E-state index contributed by atoms with van der Waals surface area (Å²) in [6, 6.07) is 10.9. The Morgan fingerprint density at radius 1 is 1.09 bits per heavy atom. The Morgan fingerprint density at radius 2 is 1.65 bits per heavy atom. The van der Waals surface area contributed by atoms with Crippen LogP contribution in [0.2, 0.25) is 0 Å². The number of hydrogen-bond acceptors (Lipinski definition) is 3. The zero-order chi connectivity index (χ0) is 17.0. The van der Waals surface area contributed by atoms with E-state index in [4.69, 9.17) is 0 Å². The third-order valence-corrected chi connectivity index (χ3v) is 4.16. The van der Waals surface area contributed by atoms with E-state index in [9.17, 15) is 9.90 Å².